The van der Waals surface area contributed by atoms with E-state index in [1.54, 1.807) is 6.20 Å². The lowest BCUT2D eigenvalue weighted by molar-refractivity contribution is 0.0853. The van der Waals surface area contributed by atoms with Gasteiger partial charge in [-0.2, -0.15) is 0 Å². The Bertz CT molecular complexity index is 416. The van der Waals surface area contributed by atoms with Gasteiger partial charge in [-0.25, -0.2) is 9.97 Å². The Balaban J connectivity index is 1.77. The molecule has 2 N–H and O–H groups in total. The molecule has 0 aliphatic carbocycles. The molecule has 6 nitrogen and oxygen atoms in total. The van der Waals surface area contributed by atoms with Crippen LogP contribution in [0.15, 0.2) is 12.4 Å². The van der Waals surface area contributed by atoms with Gasteiger partial charge >= 0.3 is 0 Å². The summed E-state index contributed by atoms with van der Waals surface area (Å²) in [6.45, 7) is 4.33. The van der Waals surface area contributed by atoms with Crippen LogP contribution in [0.25, 0.3) is 0 Å². The van der Waals surface area contributed by atoms with Gasteiger partial charge in [0, 0.05) is 19.7 Å². The van der Waals surface area contributed by atoms with E-state index in [0.717, 1.165) is 38.8 Å². The van der Waals surface area contributed by atoms with Gasteiger partial charge in [0.15, 0.2) is 0 Å². The molecule has 1 atom stereocenters. The Morgan fingerprint density at radius 3 is 3.00 bits per heavy atom. The number of nitrogens with one attached hydrogen (secondary N) is 2. The van der Waals surface area contributed by atoms with Crippen molar-refractivity contribution < 1.29 is 9.53 Å². The summed E-state index contributed by atoms with van der Waals surface area (Å²) in [7, 11) is 0. The van der Waals surface area contributed by atoms with Crippen molar-refractivity contribution in [1.82, 2.24) is 15.3 Å². The summed E-state index contributed by atoms with van der Waals surface area (Å²) in [5, 5.41) is 5.99. The van der Waals surface area contributed by atoms with Crippen LogP contribution in [0.2, 0.25) is 0 Å². The summed E-state index contributed by atoms with van der Waals surface area (Å²) < 4.78 is 5.45. The quantitative estimate of drug-likeness (QED) is 0.741. The lowest BCUT2D eigenvalue weighted by Gasteiger charge is -2.10. The largest absolute Gasteiger partial charge is 0.376 e. The molecule has 1 amide bonds. The van der Waals surface area contributed by atoms with Crippen molar-refractivity contribution >= 4 is 11.7 Å². The smallest absolute Gasteiger partial charge is 0.271 e. The number of rotatable bonds is 7. The molecule has 1 fully saturated rings. The molecule has 6 heteroatoms. The Morgan fingerprint density at radius 2 is 2.35 bits per heavy atom. The summed E-state index contributed by atoms with van der Waals surface area (Å²) in [5.74, 6) is 0.502. The first-order valence-electron chi connectivity index (χ1n) is 7.25. The number of unbranched alkanes of at least 4 members (excludes halogenated alkanes) is 1. The van der Waals surface area contributed by atoms with Crippen LogP contribution in [0.4, 0.5) is 5.82 Å². The van der Waals surface area contributed by atoms with E-state index >= 15 is 0 Å². The molecule has 1 saturated heterocycles. The topological polar surface area (TPSA) is 76.1 Å². The van der Waals surface area contributed by atoms with Crippen molar-refractivity contribution in [1.29, 1.82) is 0 Å². The summed E-state index contributed by atoms with van der Waals surface area (Å²) in [5.41, 5.74) is 0.337. The van der Waals surface area contributed by atoms with Crippen LogP contribution in [0.1, 0.15) is 43.1 Å². The van der Waals surface area contributed by atoms with Crippen molar-refractivity contribution in [3.05, 3.63) is 18.1 Å². The Hall–Kier alpha value is -1.69. The van der Waals surface area contributed by atoms with Gasteiger partial charge in [0.1, 0.15) is 11.5 Å². The molecule has 0 saturated carbocycles. The molecule has 0 bridgehead atoms. The van der Waals surface area contributed by atoms with Crippen LogP contribution in [0.3, 0.4) is 0 Å². The lowest BCUT2D eigenvalue weighted by Crippen LogP contribution is -2.32. The third-order valence-corrected chi connectivity index (χ3v) is 3.24. The fraction of sp³-hybridized carbons (Fsp3) is 0.643. The fourth-order valence-electron chi connectivity index (χ4n) is 2.03. The number of amides is 1. The molecular weight excluding hydrogens is 256 g/mol. The highest BCUT2D eigenvalue weighted by Crippen LogP contribution is 2.10. The van der Waals surface area contributed by atoms with E-state index in [1.165, 1.54) is 6.20 Å². The van der Waals surface area contributed by atoms with Crippen LogP contribution in [-0.4, -0.2) is 41.7 Å². The number of carbonyl (C=O) groups excluding carboxylic acids is 1. The molecule has 1 aromatic rings. The number of nitrogens with zero attached hydrogens (tertiary/aromatic N) is 2. The van der Waals surface area contributed by atoms with Gasteiger partial charge in [-0.3, -0.25) is 4.79 Å². The highest BCUT2D eigenvalue weighted by molar-refractivity contribution is 5.92. The molecule has 0 spiro atoms. The second-order valence-corrected chi connectivity index (χ2v) is 4.91. The second kappa shape index (κ2) is 7.79. The van der Waals surface area contributed by atoms with Gasteiger partial charge in [-0.15, -0.1) is 0 Å². The molecule has 1 aliphatic heterocycles. The molecule has 1 unspecified atom stereocenters. The van der Waals surface area contributed by atoms with Gasteiger partial charge in [0.25, 0.3) is 5.91 Å². The highest BCUT2D eigenvalue weighted by atomic mass is 16.5. The standard InChI is InChI=1S/C14H22N4O2/c1-2-3-6-15-13-10-16-12(9-17-13)14(19)18-8-11-5-4-7-20-11/h9-11H,2-8H2,1H3,(H,15,17)(H,18,19). The summed E-state index contributed by atoms with van der Waals surface area (Å²) in [6.07, 6.45) is 7.53. The van der Waals surface area contributed by atoms with E-state index in [1.807, 2.05) is 0 Å². The van der Waals surface area contributed by atoms with Crippen molar-refractivity contribution in [3.8, 4) is 0 Å². The summed E-state index contributed by atoms with van der Waals surface area (Å²) in [4.78, 5) is 20.2. The molecule has 2 heterocycles. The van der Waals surface area contributed by atoms with E-state index in [9.17, 15) is 4.79 Å². The maximum absolute atomic E-state index is 11.9. The van der Waals surface area contributed by atoms with Gasteiger partial charge in [-0.05, 0) is 19.3 Å². The zero-order valence-electron chi connectivity index (χ0n) is 11.9. The first-order chi connectivity index (χ1) is 9.79. The number of carbonyl (C=O) groups is 1. The third kappa shape index (κ3) is 4.45. The van der Waals surface area contributed by atoms with E-state index in [0.29, 0.717) is 18.1 Å². The summed E-state index contributed by atoms with van der Waals surface area (Å²) >= 11 is 0. The molecule has 1 aliphatic rings. The Labute approximate surface area is 119 Å². The minimum absolute atomic E-state index is 0.141. The molecule has 20 heavy (non-hydrogen) atoms. The van der Waals surface area contributed by atoms with Gasteiger partial charge in [0.05, 0.1) is 18.5 Å². The van der Waals surface area contributed by atoms with Gasteiger partial charge in [0.2, 0.25) is 0 Å². The van der Waals surface area contributed by atoms with E-state index in [2.05, 4.69) is 27.5 Å². The highest BCUT2D eigenvalue weighted by Gasteiger charge is 2.17. The average Bonchev–Trinajstić information content (AvgIpc) is 2.99. The second-order valence-electron chi connectivity index (χ2n) is 4.91. The fourth-order valence-corrected chi connectivity index (χ4v) is 2.03. The molecule has 1 aromatic heterocycles. The number of anilines is 1. The predicted molar refractivity (Wildman–Crippen MR) is 76.7 cm³/mol. The monoisotopic (exact) mass is 278 g/mol. The number of ether oxygens (including phenoxy) is 1. The van der Waals surface area contributed by atoms with Gasteiger partial charge in [-0.1, -0.05) is 13.3 Å². The van der Waals surface area contributed by atoms with E-state index in [4.69, 9.17) is 4.74 Å². The Morgan fingerprint density at radius 1 is 1.45 bits per heavy atom. The van der Waals surface area contributed by atoms with Gasteiger partial charge < -0.3 is 15.4 Å². The maximum Gasteiger partial charge on any atom is 0.271 e. The molecule has 0 radical (unpaired) electrons. The van der Waals surface area contributed by atoms with Crippen molar-refractivity contribution in [3.63, 3.8) is 0 Å². The maximum atomic E-state index is 11.9. The van der Waals surface area contributed by atoms with Crippen LogP contribution in [0, 0.1) is 0 Å². The predicted octanol–water partition coefficient (Wildman–Crippen LogP) is 1.60. The van der Waals surface area contributed by atoms with Crippen LogP contribution >= 0.6 is 0 Å². The zero-order valence-corrected chi connectivity index (χ0v) is 11.9. The first kappa shape index (κ1) is 14.7. The molecule has 110 valence electrons. The van der Waals surface area contributed by atoms with Crippen LogP contribution in [0.5, 0.6) is 0 Å². The minimum Gasteiger partial charge on any atom is -0.376 e. The van der Waals surface area contributed by atoms with Crippen molar-refractivity contribution in [2.45, 2.75) is 38.7 Å². The van der Waals surface area contributed by atoms with Crippen molar-refractivity contribution in [2.75, 3.05) is 25.0 Å². The van der Waals surface area contributed by atoms with E-state index < -0.39 is 0 Å². The van der Waals surface area contributed by atoms with Crippen molar-refractivity contribution in [2.24, 2.45) is 0 Å². The number of aromatic nitrogens is 2. The molecule has 0 aromatic carbocycles. The molecular formula is C14H22N4O2. The van der Waals surface area contributed by atoms with E-state index in [-0.39, 0.29) is 12.0 Å². The first-order valence-corrected chi connectivity index (χ1v) is 7.25. The average molecular weight is 278 g/mol. The summed E-state index contributed by atoms with van der Waals surface area (Å²) in [6, 6.07) is 0. The normalized spacial score (nSPS) is 17.9. The third-order valence-electron chi connectivity index (χ3n) is 3.24. The minimum atomic E-state index is -0.201. The Kier molecular flexibility index (Phi) is 5.73. The number of hydrogen-bond acceptors (Lipinski definition) is 5. The lowest BCUT2D eigenvalue weighted by atomic mass is 10.2. The van der Waals surface area contributed by atoms with Crippen LogP contribution < -0.4 is 10.6 Å². The number of hydrogen-bond donors (Lipinski definition) is 2. The zero-order chi connectivity index (χ0) is 14.2. The molecule has 2 rings (SSSR count). The van der Waals surface area contributed by atoms with Crippen LogP contribution in [-0.2, 0) is 4.74 Å². The SMILES string of the molecule is CCCCNc1cnc(C(=O)NCC2CCCO2)cn1.